The van der Waals surface area contributed by atoms with Gasteiger partial charge in [0.1, 0.15) is 0 Å². The van der Waals surface area contributed by atoms with Crippen molar-refractivity contribution < 1.29 is 4.74 Å². The van der Waals surface area contributed by atoms with Crippen molar-refractivity contribution in [2.45, 2.75) is 0 Å². The van der Waals surface area contributed by atoms with Crippen LogP contribution in [0.15, 0.2) is 29.4 Å². The predicted octanol–water partition coefficient (Wildman–Crippen LogP) is 0.482. The first-order chi connectivity index (χ1) is 9.92. The van der Waals surface area contributed by atoms with Crippen LogP contribution in [0, 0.1) is 0 Å². The van der Waals surface area contributed by atoms with Gasteiger partial charge in [0, 0.05) is 18.8 Å². The summed E-state index contributed by atoms with van der Waals surface area (Å²) in [6.07, 6.45) is 1.71. The van der Waals surface area contributed by atoms with Crippen molar-refractivity contribution >= 4 is 17.9 Å². The van der Waals surface area contributed by atoms with Crippen molar-refractivity contribution in [2.75, 3.05) is 36.6 Å². The maximum Gasteiger partial charge on any atom is 0.283 e. The highest BCUT2D eigenvalue weighted by atomic mass is 16.5. The molecule has 2 heterocycles. The Kier molecular flexibility index (Phi) is 3.83. The lowest BCUT2D eigenvalue weighted by Gasteiger charge is -2.28. The number of aromatic amines is 1. The fraction of sp³-hybridized carbons (Fsp3) is 0.333. The number of ether oxygens (including phenoxy) is 1. The Balaban J connectivity index is 1.59. The predicted molar refractivity (Wildman–Crippen MR) is 74.9 cm³/mol. The van der Waals surface area contributed by atoms with E-state index in [4.69, 9.17) is 4.74 Å². The molecular formula is C12H15N7O. The number of hydrogen-bond acceptors (Lipinski definition) is 7. The molecule has 8 heteroatoms. The number of nitrogens with zero attached hydrogens (tertiary/aromatic N) is 5. The van der Waals surface area contributed by atoms with Crippen LogP contribution in [-0.4, -0.2) is 53.1 Å². The van der Waals surface area contributed by atoms with Crippen molar-refractivity contribution in [3.63, 3.8) is 0 Å². The zero-order valence-corrected chi connectivity index (χ0v) is 10.9. The number of tetrazole rings is 1. The standard InChI is InChI=1S/C12H15N7O/c1-3-11(19-5-7-20-8-6-19)4-2-10(1)9-13-14-12-15-17-18-16-12/h1-4,9H,5-8H2,(H2,14,15,16,17,18)/b13-9+. The summed E-state index contributed by atoms with van der Waals surface area (Å²) in [4.78, 5) is 2.31. The Hall–Kier alpha value is -2.48. The minimum absolute atomic E-state index is 0.339. The van der Waals surface area contributed by atoms with Crippen LogP contribution < -0.4 is 10.3 Å². The number of H-pyrrole nitrogens is 1. The van der Waals surface area contributed by atoms with Crippen molar-refractivity contribution in [3.8, 4) is 0 Å². The minimum atomic E-state index is 0.339. The lowest BCUT2D eigenvalue weighted by molar-refractivity contribution is 0.122. The van der Waals surface area contributed by atoms with Gasteiger partial charge in [-0.2, -0.15) is 10.3 Å². The summed E-state index contributed by atoms with van der Waals surface area (Å²) in [6.45, 7) is 3.45. The Labute approximate surface area is 115 Å². The molecule has 2 N–H and O–H groups in total. The molecule has 0 bridgehead atoms. The van der Waals surface area contributed by atoms with Crippen LogP contribution in [0.4, 0.5) is 11.6 Å². The Bertz CT molecular complexity index is 546. The molecule has 1 aromatic carbocycles. The summed E-state index contributed by atoms with van der Waals surface area (Å²) in [5.74, 6) is 0.339. The summed E-state index contributed by atoms with van der Waals surface area (Å²) in [5.41, 5.74) is 4.88. The number of nitrogens with one attached hydrogen (secondary N) is 2. The van der Waals surface area contributed by atoms with Crippen molar-refractivity contribution in [1.82, 2.24) is 20.6 Å². The number of rotatable bonds is 4. The van der Waals surface area contributed by atoms with Crippen molar-refractivity contribution in [1.29, 1.82) is 0 Å². The van der Waals surface area contributed by atoms with Gasteiger partial charge in [-0.3, -0.25) is 0 Å². The average molecular weight is 273 g/mol. The molecule has 0 spiro atoms. The van der Waals surface area contributed by atoms with Crippen LogP contribution in [0.2, 0.25) is 0 Å². The third-order valence-electron chi connectivity index (χ3n) is 2.99. The zero-order chi connectivity index (χ0) is 13.6. The third-order valence-corrected chi connectivity index (χ3v) is 2.99. The quantitative estimate of drug-likeness (QED) is 0.622. The minimum Gasteiger partial charge on any atom is -0.378 e. The largest absolute Gasteiger partial charge is 0.378 e. The maximum atomic E-state index is 5.34. The first kappa shape index (κ1) is 12.5. The molecule has 0 unspecified atom stereocenters. The second-order valence-electron chi connectivity index (χ2n) is 4.30. The molecule has 1 aliphatic rings. The van der Waals surface area contributed by atoms with Gasteiger partial charge in [0.15, 0.2) is 0 Å². The van der Waals surface area contributed by atoms with Crippen LogP contribution in [0.5, 0.6) is 0 Å². The van der Waals surface area contributed by atoms with E-state index < -0.39 is 0 Å². The van der Waals surface area contributed by atoms with E-state index in [9.17, 15) is 0 Å². The normalized spacial score (nSPS) is 15.7. The molecule has 104 valence electrons. The molecule has 3 rings (SSSR count). The van der Waals surface area contributed by atoms with E-state index >= 15 is 0 Å². The van der Waals surface area contributed by atoms with Gasteiger partial charge in [-0.25, -0.2) is 5.43 Å². The highest BCUT2D eigenvalue weighted by molar-refractivity contribution is 5.80. The highest BCUT2D eigenvalue weighted by Crippen LogP contribution is 2.15. The van der Waals surface area contributed by atoms with E-state index in [1.165, 1.54) is 5.69 Å². The van der Waals surface area contributed by atoms with E-state index in [0.29, 0.717) is 5.95 Å². The Morgan fingerprint density at radius 1 is 1.25 bits per heavy atom. The van der Waals surface area contributed by atoms with Crippen LogP contribution in [0.1, 0.15) is 5.56 Å². The maximum absolute atomic E-state index is 5.34. The molecule has 0 radical (unpaired) electrons. The number of aromatic nitrogens is 4. The Morgan fingerprint density at radius 2 is 2.05 bits per heavy atom. The van der Waals surface area contributed by atoms with Crippen LogP contribution in [0.25, 0.3) is 0 Å². The molecule has 0 atom stereocenters. The summed E-state index contributed by atoms with van der Waals surface area (Å²) < 4.78 is 5.34. The smallest absolute Gasteiger partial charge is 0.283 e. The first-order valence-corrected chi connectivity index (χ1v) is 6.37. The van der Waals surface area contributed by atoms with Gasteiger partial charge < -0.3 is 9.64 Å². The second-order valence-corrected chi connectivity index (χ2v) is 4.30. The van der Waals surface area contributed by atoms with Gasteiger partial charge in [0.25, 0.3) is 5.95 Å². The lowest BCUT2D eigenvalue weighted by atomic mass is 10.2. The van der Waals surface area contributed by atoms with Gasteiger partial charge in [-0.1, -0.05) is 17.2 Å². The summed E-state index contributed by atoms with van der Waals surface area (Å²) in [5, 5.41) is 17.3. The van der Waals surface area contributed by atoms with Crippen molar-refractivity contribution in [3.05, 3.63) is 29.8 Å². The van der Waals surface area contributed by atoms with Gasteiger partial charge in [0.05, 0.1) is 19.4 Å². The van der Waals surface area contributed by atoms with Gasteiger partial charge >= 0.3 is 0 Å². The van der Waals surface area contributed by atoms with E-state index in [0.717, 1.165) is 31.9 Å². The van der Waals surface area contributed by atoms with E-state index in [2.05, 4.69) is 48.2 Å². The van der Waals surface area contributed by atoms with E-state index in [-0.39, 0.29) is 0 Å². The summed E-state index contributed by atoms with van der Waals surface area (Å²) >= 11 is 0. The summed E-state index contributed by atoms with van der Waals surface area (Å²) in [6, 6.07) is 8.21. The molecule has 20 heavy (non-hydrogen) atoms. The highest BCUT2D eigenvalue weighted by Gasteiger charge is 2.10. The lowest BCUT2D eigenvalue weighted by Crippen LogP contribution is -2.36. The molecule has 8 nitrogen and oxygen atoms in total. The fourth-order valence-electron chi connectivity index (χ4n) is 1.97. The number of morpholine rings is 1. The summed E-state index contributed by atoms with van der Waals surface area (Å²) in [7, 11) is 0. The molecule has 2 aromatic rings. The number of anilines is 2. The number of hydrazone groups is 1. The third kappa shape index (κ3) is 3.09. The molecule has 0 saturated carbocycles. The van der Waals surface area contributed by atoms with Gasteiger partial charge in [-0.05, 0) is 22.9 Å². The van der Waals surface area contributed by atoms with Gasteiger partial charge in [0.2, 0.25) is 0 Å². The molecule has 1 saturated heterocycles. The zero-order valence-electron chi connectivity index (χ0n) is 10.9. The second kappa shape index (κ2) is 6.11. The van der Waals surface area contributed by atoms with Crippen LogP contribution in [0.3, 0.4) is 0 Å². The number of hydrogen-bond donors (Lipinski definition) is 2. The fourth-order valence-corrected chi connectivity index (χ4v) is 1.97. The van der Waals surface area contributed by atoms with E-state index in [1.807, 2.05) is 12.1 Å². The van der Waals surface area contributed by atoms with E-state index in [1.54, 1.807) is 6.21 Å². The topological polar surface area (TPSA) is 91.3 Å². The molecule has 0 aliphatic carbocycles. The molecular weight excluding hydrogens is 258 g/mol. The number of benzene rings is 1. The van der Waals surface area contributed by atoms with Gasteiger partial charge in [-0.15, -0.1) is 5.10 Å². The molecule has 1 fully saturated rings. The molecule has 1 aromatic heterocycles. The monoisotopic (exact) mass is 273 g/mol. The van der Waals surface area contributed by atoms with Crippen LogP contribution >= 0.6 is 0 Å². The first-order valence-electron chi connectivity index (χ1n) is 6.37. The Morgan fingerprint density at radius 3 is 2.75 bits per heavy atom. The SMILES string of the molecule is C(=N\Nc1nn[nH]n1)/c1ccc(N2CCOCC2)cc1. The average Bonchev–Trinajstić information content (AvgIpc) is 3.02. The molecule has 1 aliphatic heterocycles. The molecule has 0 amide bonds. The van der Waals surface area contributed by atoms with Crippen LogP contribution in [-0.2, 0) is 4.74 Å². The van der Waals surface area contributed by atoms with Crippen molar-refractivity contribution in [2.24, 2.45) is 5.10 Å².